The molecular formula is C11H15NO4S. The maximum absolute atomic E-state index is 11.9. The number of phenolic OH excluding ortho intramolecular Hbond substituents is 1. The fourth-order valence-corrected chi connectivity index (χ4v) is 2.78. The molecule has 0 amide bonds. The summed E-state index contributed by atoms with van der Waals surface area (Å²) in [6, 6.07) is 5.43. The van der Waals surface area contributed by atoms with Crippen molar-refractivity contribution in [1.29, 1.82) is 0 Å². The fourth-order valence-electron chi connectivity index (χ4n) is 1.72. The average Bonchev–Trinajstić information content (AvgIpc) is 2.80. The summed E-state index contributed by atoms with van der Waals surface area (Å²) >= 11 is 0. The molecule has 1 atom stereocenters. The van der Waals surface area contributed by atoms with Gasteiger partial charge in [0, 0.05) is 13.2 Å². The van der Waals surface area contributed by atoms with Crippen molar-refractivity contribution >= 4 is 10.0 Å². The van der Waals surface area contributed by atoms with Crippen LogP contribution in [0, 0.1) is 0 Å². The molecule has 1 fully saturated rings. The number of sulfonamides is 1. The molecule has 0 aliphatic carbocycles. The van der Waals surface area contributed by atoms with E-state index in [2.05, 4.69) is 4.72 Å². The van der Waals surface area contributed by atoms with Crippen LogP contribution in [0.3, 0.4) is 0 Å². The number of aromatic hydroxyl groups is 1. The Labute approximate surface area is 100 Å². The minimum atomic E-state index is -3.51. The third-order valence-corrected chi connectivity index (χ3v) is 4.11. The third-order valence-electron chi connectivity index (χ3n) is 2.67. The van der Waals surface area contributed by atoms with E-state index < -0.39 is 10.0 Å². The molecule has 5 nitrogen and oxygen atoms in total. The summed E-state index contributed by atoms with van der Waals surface area (Å²) in [5.41, 5.74) is 0. The highest BCUT2D eigenvalue weighted by Gasteiger charge is 2.19. The number of benzene rings is 1. The van der Waals surface area contributed by atoms with Gasteiger partial charge in [-0.3, -0.25) is 0 Å². The number of hydrogen-bond acceptors (Lipinski definition) is 4. The molecule has 6 heteroatoms. The summed E-state index contributed by atoms with van der Waals surface area (Å²) < 4.78 is 31.5. The standard InChI is InChI=1S/C11H15NO4S/c13-9-3-5-11(6-4-9)17(14,15)12-8-10-2-1-7-16-10/h3-6,10,12-13H,1-2,7-8H2. The van der Waals surface area contributed by atoms with Gasteiger partial charge in [-0.2, -0.15) is 0 Å². The highest BCUT2D eigenvalue weighted by molar-refractivity contribution is 7.89. The van der Waals surface area contributed by atoms with Crippen LogP contribution in [0.1, 0.15) is 12.8 Å². The van der Waals surface area contributed by atoms with Crippen LogP contribution in [0.4, 0.5) is 0 Å². The van der Waals surface area contributed by atoms with Crippen LogP contribution in [0.2, 0.25) is 0 Å². The topological polar surface area (TPSA) is 75.6 Å². The molecule has 1 aromatic rings. The predicted octanol–water partition coefficient (Wildman–Crippen LogP) is 0.849. The Bertz CT molecular complexity index is 463. The minimum Gasteiger partial charge on any atom is -0.508 e. The van der Waals surface area contributed by atoms with E-state index in [-0.39, 0.29) is 16.7 Å². The molecule has 1 aromatic carbocycles. The van der Waals surface area contributed by atoms with Gasteiger partial charge >= 0.3 is 0 Å². The Morgan fingerprint density at radius 3 is 2.65 bits per heavy atom. The van der Waals surface area contributed by atoms with Gasteiger partial charge in [0.1, 0.15) is 5.75 Å². The molecule has 17 heavy (non-hydrogen) atoms. The molecular weight excluding hydrogens is 242 g/mol. The molecule has 1 aliphatic heterocycles. The smallest absolute Gasteiger partial charge is 0.240 e. The van der Waals surface area contributed by atoms with Gasteiger partial charge in [0.15, 0.2) is 0 Å². The van der Waals surface area contributed by atoms with Crippen LogP contribution < -0.4 is 4.72 Å². The molecule has 0 spiro atoms. The van der Waals surface area contributed by atoms with Crippen molar-refractivity contribution in [2.45, 2.75) is 23.8 Å². The fraction of sp³-hybridized carbons (Fsp3) is 0.455. The largest absolute Gasteiger partial charge is 0.508 e. The zero-order valence-corrected chi connectivity index (χ0v) is 10.1. The van der Waals surface area contributed by atoms with Gasteiger partial charge in [-0.1, -0.05) is 0 Å². The zero-order valence-electron chi connectivity index (χ0n) is 9.30. The molecule has 1 heterocycles. The molecule has 0 saturated carbocycles. The maximum Gasteiger partial charge on any atom is 0.240 e. The Morgan fingerprint density at radius 2 is 2.06 bits per heavy atom. The molecule has 1 unspecified atom stereocenters. The molecule has 1 aliphatic rings. The molecule has 94 valence electrons. The number of hydrogen-bond donors (Lipinski definition) is 2. The number of rotatable bonds is 4. The summed E-state index contributed by atoms with van der Waals surface area (Å²) in [7, 11) is -3.51. The normalized spacial score (nSPS) is 20.6. The lowest BCUT2D eigenvalue weighted by Crippen LogP contribution is -2.31. The van der Waals surface area contributed by atoms with E-state index in [4.69, 9.17) is 9.84 Å². The van der Waals surface area contributed by atoms with E-state index in [9.17, 15) is 8.42 Å². The second-order valence-electron chi connectivity index (χ2n) is 3.98. The monoisotopic (exact) mass is 257 g/mol. The first-order valence-corrected chi connectivity index (χ1v) is 6.96. The van der Waals surface area contributed by atoms with Crippen molar-refractivity contribution in [3.63, 3.8) is 0 Å². The van der Waals surface area contributed by atoms with Crippen molar-refractivity contribution in [3.05, 3.63) is 24.3 Å². The predicted molar refractivity (Wildman–Crippen MR) is 62.3 cm³/mol. The zero-order chi connectivity index (χ0) is 12.3. The number of nitrogens with one attached hydrogen (secondary N) is 1. The first kappa shape index (κ1) is 12.3. The van der Waals surface area contributed by atoms with Crippen molar-refractivity contribution in [2.75, 3.05) is 13.2 Å². The van der Waals surface area contributed by atoms with Crippen molar-refractivity contribution < 1.29 is 18.3 Å². The maximum atomic E-state index is 11.9. The summed E-state index contributed by atoms with van der Waals surface area (Å²) in [4.78, 5) is 0.147. The minimum absolute atomic E-state index is 0.0260. The Kier molecular flexibility index (Phi) is 3.66. The van der Waals surface area contributed by atoms with Gasteiger partial charge in [-0.15, -0.1) is 0 Å². The van der Waals surface area contributed by atoms with Gasteiger partial charge in [0.05, 0.1) is 11.0 Å². The van der Waals surface area contributed by atoms with E-state index in [1.165, 1.54) is 24.3 Å². The first-order chi connectivity index (χ1) is 8.08. The molecule has 0 bridgehead atoms. The lowest BCUT2D eigenvalue weighted by molar-refractivity contribution is 0.114. The lowest BCUT2D eigenvalue weighted by atomic mass is 10.2. The van der Waals surface area contributed by atoms with Crippen molar-refractivity contribution in [2.24, 2.45) is 0 Å². The van der Waals surface area contributed by atoms with E-state index >= 15 is 0 Å². The molecule has 0 aromatic heterocycles. The Hall–Kier alpha value is -1.11. The van der Waals surface area contributed by atoms with Gasteiger partial charge in [0.25, 0.3) is 0 Å². The van der Waals surface area contributed by atoms with Crippen LogP contribution in [0.5, 0.6) is 5.75 Å². The second kappa shape index (κ2) is 5.03. The highest BCUT2D eigenvalue weighted by atomic mass is 32.2. The number of phenols is 1. The summed E-state index contributed by atoms with van der Waals surface area (Å²) in [5, 5.41) is 9.09. The molecule has 2 N–H and O–H groups in total. The number of ether oxygens (including phenoxy) is 1. The van der Waals surface area contributed by atoms with Gasteiger partial charge in [-0.25, -0.2) is 13.1 Å². The quantitative estimate of drug-likeness (QED) is 0.838. The second-order valence-corrected chi connectivity index (χ2v) is 5.75. The Balaban J connectivity index is 2.00. The summed E-state index contributed by atoms with van der Waals surface area (Å²) in [6.45, 7) is 0.995. The van der Waals surface area contributed by atoms with Crippen LogP contribution in [-0.2, 0) is 14.8 Å². The van der Waals surface area contributed by atoms with E-state index in [1.807, 2.05) is 0 Å². The van der Waals surface area contributed by atoms with Gasteiger partial charge < -0.3 is 9.84 Å². The molecule has 2 rings (SSSR count). The molecule has 0 radical (unpaired) electrons. The van der Waals surface area contributed by atoms with E-state index in [0.717, 1.165) is 12.8 Å². The lowest BCUT2D eigenvalue weighted by Gasteiger charge is -2.11. The van der Waals surface area contributed by atoms with E-state index in [0.29, 0.717) is 13.2 Å². The van der Waals surface area contributed by atoms with Crippen LogP contribution in [0.15, 0.2) is 29.2 Å². The highest BCUT2D eigenvalue weighted by Crippen LogP contribution is 2.15. The average molecular weight is 257 g/mol. The third kappa shape index (κ3) is 3.18. The van der Waals surface area contributed by atoms with Crippen molar-refractivity contribution in [3.8, 4) is 5.75 Å². The summed E-state index contributed by atoms with van der Waals surface area (Å²) in [6.07, 6.45) is 1.84. The van der Waals surface area contributed by atoms with E-state index in [1.54, 1.807) is 0 Å². The SMILES string of the molecule is O=S(=O)(NCC1CCCO1)c1ccc(O)cc1. The Morgan fingerprint density at radius 1 is 1.35 bits per heavy atom. The van der Waals surface area contributed by atoms with Crippen LogP contribution in [-0.4, -0.2) is 32.8 Å². The van der Waals surface area contributed by atoms with Crippen LogP contribution >= 0.6 is 0 Å². The van der Waals surface area contributed by atoms with Gasteiger partial charge in [-0.05, 0) is 37.1 Å². The van der Waals surface area contributed by atoms with Gasteiger partial charge in [0.2, 0.25) is 10.0 Å². The molecule has 1 saturated heterocycles. The first-order valence-electron chi connectivity index (χ1n) is 5.48. The van der Waals surface area contributed by atoms with Crippen molar-refractivity contribution in [1.82, 2.24) is 4.72 Å². The summed E-state index contributed by atoms with van der Waals surface area (Å²) in [5.74, 6) is 0.0445. The van der Waals surface area contributed by atoms with Crippen LogP contribution in [0.25, 0.3) is 0 Å².